The van der Waals surface area contributed by atoms with Gasteiger partial charge in [0.15, 0.2) is 5.96 Å². The van der Waals surface area contributed by atoms with E-state index in [0.717, 1.165) is 44.0 Å². The number of likely N-dealkylation sites (N-methyl/N-ethyl adjacent to an activating group) is 1. The third-order valence-corrected chi connectivity index (χ3v) is 4.65. The summed E-state index contributed by atoms with van der Waals surface area (Å²) in [5.41, 5.74) is 1.21. The van der Waals surface area contributed by atoms with Gasteiger partial charge in [-0.25, -0.2) is 0 Å². The minimum atomic E-state index is 0.243. The maximum absolute atomic E-state index is 4.97. The molecule has 24 heavy (non-hydrogen) atoms. The van der Waals surface area contributed by atoms with Crippen molar-refractivity contribution in [2.45, 2.75) is 33.2 Å². The van der Waals surface area contributed by atoms with E-state index in [1.807, 2.05) is 17.9 Å². The van der Waals surface area contributed by atoms with E-state index in [1.165, 1.54) is 12.0 Å². The Morgan fingerprint density at radius 1 is 1.38 bits per heavy atom. The number of guanidine groups is 1. The molecule has 1 saturated heterocycles. The van der Waals surface area contributed by atoms with Gasteiger partial charge >= 0.3 is 0 Å². The molecule has 136 valence electrons. The lowest BCUT2D eigenvalue weighted by molar-refractivity contribution is 0.207. The van der Waals surface area contributed by atoms with Gasteiger partial charge in [-0.3, -0.25) is 9.67 Å². The van der Waals surface area contributed by atoms with Gasteiger partial charge in [-0.15, -0.1) is 0 Å². The Kier molecular flexibility index (Phi) is 6.66. The molecule has 1 aliphatic heterocycles. The minimum absolute atomic E-state index is 0.243. The normalized spacial score (nSPS) is 23.6. The van der Waals surface area contributed by atoms with Crippen LogP contribution in [0.3, 0.4) is 0 Å². The molecule has 0 aromatic carbocycles. The molecular formula is C18H34N6. The number of nitrogens with zero attached hydrogens (tertiary/aromatic N) is 5. The van der Waals surface area contributed by atoms with E-state index in [9.17, 15) is 0 Å². The molecule has 1 aromatic heterocycles. The highest BCUT2D eigenvalue weighted by Crippen LogP contribution is 2.22. The maximum Gasteiger partial charge on any atom is 0.193 e. The summed E-state index contributed by atoms with van der Waals surface area (Å²) in [6.07, 6.45) is 5.34. The summed E-state index contributed by atoms with van der Waals surface area (Å²) in [6.45, 7) is 10.6. The second-order valence-electron chi connectivity index (χ2n) is 7.47. The Balaban J connectivity index is 2.13. The topological polar surface area (TPSA) is 48.7 Å². The van der Waals surface area contributed by atoms with E-state index in [4.69, 9.17) is 4.99 Å². The van der Waals surface area contributed by atoms with Gasteiger partial charge in [0, 0.05) is 38.4 Å². The Labute approximate surface area is 146 Å². The molecule has 0 aliphatic carbocycles. The first-order valence-electron chi connectivity index (χ1n) is 9.08. The molecule has 0 saturated carbocycles. The summed E-state index contributed by atoms with van der Waals surface area (Å²) < 4.78 is 1.86. The molecule has 3 unspecified atom stereocenters. The fraction of sp³-hybridized carbons (Fsp3) is 0.778. The van der Waals surface area contributed by atoms with Crippen LogP contribution >= 0.6 is 0 Å². The van der Waals surface area contributed by atoms with E-state index >= 15 is 0 Å². The van der Waals surface area contributed by atoms with Crippen molar-refractivity contribution in [3.63, 3.8) is 0 Å². The number of rotatable bonds is 5. The van der Waals surface area contributed by atoms with Crippen LogP contribution in [-0.4, -0.2) is 65.8 Å². The van der Waals surface area contributed by atoms with Crippen LogP contribution in [-0.2, 0) is 7.05 Å². The molecule has 6 heteroatoms. The summed E-state index contributed by atoms with van der Waals surface area (Å²) >= 11 is 0. The standard InChI is InChI=1S/C18H34N6/c1-7-19-18(24-11-14(2)8-15(3)12-24)20-10-17(22(4)5)16-9-21-23(6)13-16/h9,13-15,17H,7-8,10-12H2,1-6H3,(H,19,20). The molecule has 1 N–H and O–H groups in total. The fourth-order valence-electron chi connectivity index (χ4n) is 3.61. The number of piperidine rings is 1. The van der Waals surface area contributed by atoms with Crippen molar-refractivity contribution in [1.29, 1.82) is 0 Å². The quantitative estimate of drug-likeness (QED) is 0.661. The number of aliphatic imine (C=N–C) groups is 1. The van der Waals surface area contributed by atoms with Crippen LogP contribution < -0.4 is 5.32 Å². The summed E-state index contributed by atoms with van der Waals surface area (Å²) in [4.78, 5) is 9.61. The molecular weight excluding hydrogens is 300 g/mol. The summed E-state index contributed by atoms with van der Waals surface area (Å²) in [5, 5.41) is 7.79. The molecule has 3 atom stereocenters. The van der Waals surface area contributed by atoms with Crippen LogP contribution in [0.4, 0.5) is 0 Å². The van der Waals surface area contributed by atoms with E-state index in [-0.39, 0.29) is 6.04 Å². The van der Waals surface area contributed by atoms with Gasteiger partial charge in [-0.05, 0) is 39.3 Å². The molecule has 2 heterocycles. The molecule has 1 aromatic rings. The number of nitrogens with one attached hydrogen (secondary N) is 1. The van der Waals surface area contributed by atoms with Crippen LogP contribution in [0.5, 0.6) is 0 Å². The zero-order chi connectivity index (χ0) is 17.7. The Hall–Kier alpha value is -1.56. The summed E-state index contributed by atoms with van der Waals surface area (Å²) in [7, 11) is 6.16. The first kappa shape index (κ1) is 18.8. The van der Waals surface area contributed by atoms with Crippen molar-refractivity contribution in [2.24, 2.45) is 23.9 Å². The van der Waals surface area contributed by atoms with Crippen molar-refractivity contribution >= 4 is 5.96 Å². The number of hydrogen-bond acceptors (Lipinski definition) is 3. The Bertz CT molecular complexity index is 525. The van der Waals surface area contributed by atoms with E-state index < -0.39 is 0 Å². The lowest BCUT2D eigenvalue weighted by Crippen LogP contribution is -2.48. The average Bonchev–Trinajstić information content (AvgIpc) is 2.91. The zero-order valence-electron chi connectivity index (χ0n) is 16.2. The van der Waals surface area contributed by atoms with Crippen LogP contribution in [0.2, 0.25) is 0 Å². The highest BCUT2D eigenvalue weighted by molar-refractivity contribution is 5.80. The Morgan fingerprint density at radius 3 is 2.54 bits per heavy atom. The largest absolute Gasteiger partial charge is 0.357 e. The van der Waals surface area contributed by atoms with Crippen LogP contribution in [0.25, 0.3) is 0 Å². The molecule has 1 aliphatic rings. The van der Waals surface area contributed by atoms with Crippen molar-refractivity contribution < 1.29 is 0 Å². The van der Waals surface area contributed by atoms with E-state index in [0.29, 0.717) is 0 Å². The molecule has 2 rings (SSSR count). The number of hydrogen-bond donors (Lipinski definition) is 1. The lowest BCUT2D eigenvalue weighted by atomic mass is 9.92. The average molecular weight is 335 g/mol. The second-order valence-corrected chi connectivity index (χ2v) is 7.47. The van der Waals surface area contributed by atoms with Crippen molar-refractivity contribution in [3.8, 4) is 0 Å². The van der Waals surface area contributed by atoms with Gasteiger partial charge in [-0.2, -0.15) is 5.10 Å². The van der Waals surface area contributed by atoms with Crippen molar-refractivity contribution in [1.82, 2.24) is 24.9 Å². The molecule has 1 fully saturated rings. The SMILES string of the molecule is CCNC(=NCC(c1cnn(C)c1)N(C)C)N1CC(C)CC(C)C1. The van der Waals surface area contributed by atoms with Gasteiger partial charge in [0.1, 0.15) is 0 Å². The molecule has 0 amide bonds. The van der Waals surface area contributed by atoms with Crippen LogP contribution in [0, 0.1) is 11.8 Å². The van der Waals surface area contributed by atoms with Crippen LogP contribution in [0.1, 0.15) is 38.8 Å². The zero-order valence-corrected chi connectivity index (χ0v) is 16.2. The van der Waals surface area contributed by atoms with Crippen LogP contribution in [0.15, 0.2) is 17.4 Å². The highest BCUT2D eigenvalue weighted by Gasteiger charge is 2.24. The summed E-state index contributed by atoms with van der Waals surface area (Å²) in [6, 6.07) is 0.243. The fourth-order valence-corrected chi connectivity index (χ4v) is 3.61. The van der Waals surface area contributed by atoms with E-state index in [1.54, 1.807) is 0 Å². The third kappa shape index (κ3) is 4.97. The number of likely N-dealkylation sites (tertiary alicyclic amines) is 1. The van der Waals surface area contributed by atoms with Gasteiger partial charge < -0.3 is 15.1 Å². The molecule has 0 radical (unpaired) electrons. The summed E-state index contributed by atoms with van der Waals surface area (Å²) in [5.74, 6) is 2.49. The van der Waals surface area contributed by atoms with Gasteiger partial charge in [0.2, 0.25) is 0 Å². The second kappa shape index (κ2) is 8.51. The smallest absolute Gasteiger partial charge is 0.193 e. The van der Waals surface area contributed by atoms with Crippen molar-refractivity contribution in [2.75, 3.05) is 40.3 Å². The molecule has 6 nitrogen and oxygen atoms in total. The minimum Gasteiger partial charge on any atom is -0.357 e. The van der Waals surface area contributed by atoms with Gasteiger partial charge in [-0.1, -0.05) is 13.8 Å². The first-order valence-corrected chi connectivity index (χ1v) is 9.08. The van der Waals surface area contributed by atoms with E-state index in [2.05, 4.69) is 61.3 Å². The first-order chi connectivity index (χ1) is 11.4. The molecule has 0 bridgehead atoms. The highest BCUT2D eigenvalue weighted by atomic mass is 15.3. The number of aryl methyl sites for hydroxylation is 1. The predicted octanol–water partition coefficient (Wildman–Crippen LogP) is 1.97. The number of aromatic nitrogens is 2. The van der Waals surface area contributed by atoms with Gasteiger partial charge in [0.25, 0.3) is 0 Å². The van der Waals surface area contributed by atoms with Gasteiger partial charge in [0.05, 0.1) is 18.8 Å². The predicted molar refractivity (Wildman–Crippen MR) is 100 cm³/mol. The Morgan fingerprint density at radius 2 is 2.04 bits per heavy atom. The molecule has 0 spiro atoms. The monoisotopic (exact) mass is 334 g/mol. The lowest BCUT2D eigenvalue weighted by Gasteiger charge is -2.37. The third-order valence-electron chi connectivity index (χ3n) is 4.65. The maximum atomic E-state index is 4.97. The van der Waals surface area contributed by atoms with Crippen molar-refractivity contribution in [3.05, 3.63) is 18.0 Å².